The van der Waals surface area contributed by atoms with Crippen molar-refractivity contribution in [2.24, 2.45) is 4.99 Å². The normalized spacial score (nSPS) is 22.1. The molecule has 1 fully saturated rings. The summed E-state index contributed by atoms with van der Waals surface area (Å²) in [5, 5.41) is 0. The van der Waals surface area contributed by atoms with Crippen molar-refractivity contribution < 1.29 is 9.18 Å². The Bertz CT molecular complexity index is 983. The van der Waals surface area contributed by atoms with Crippen molar-refractivity contribution in [2.75, 3.05) is 31.9 Å². The lowest BCUT2D eigenvalue weighted by molar-refractivity contribution is -0.131. The number of hydrogen-bond acceptors (Lipinski definition) is 5. The molecule has 1 saturated heterocycles. The summed E-state index contributed by atoms with van der Waals surface area (Å²) in [5.41, 5.74) is 6.83. The number of carbonyl (C=O) groups is 1. The van der Waals surface area contributed by atoms with E-state index in [1.54, 1.807) is 12.1 Å². The Balaban J connectivity index is 1.32. The third kappa shape index (κ3) is 4.93. The van der Waals surface area contributed by atoms with E-state index in [1.807, 2.05) is 24.1 Å². The van der Waals surface area contributed by atoms with Crippen molar-refractivity contribution in [1.82, 2.24) is 14.8 Å². The van der Waals surface area contributed by atoms with Gasteiger partial charge in [-0.25, -0.2) is 9.37 Å². The van der Waals surface area contributed by atoms with Crippen LogP contribution in [0.1, 0.15) is 63.0 Å². The molecule has 33 heavy (non-hydrogen) atoms. The third-order valence-corrected chi connectivity index (χ3v) is 7.00. The molecule has 3 heterocycles. The van der Waals surface area contributed by atoms with Crippen LogP contribution in [0, 0.1) is 5.82 Å². The Hall–Kier alpha value is -2.80. The average molecular weight is 452 g/mol. The topological polar surface area (TPSA) is 74.8 Å². The number of hydrogen-bond donors (Lipinski definition) is 1. The van der Waals surface area contributed by atoms with Crippen LogP contribution >= 0.6 is 0 Å². The van der Waals surface area contributed by atoms with Gasteiger partial charge in [-0.05, 0) is 87.5 Å². The smallest absolute Gasteiger partial charge is 0.260 e. The van der Waals surface area contributed by atoms with Crippen molar-refractivity contribution in [1.29, 1.82) is 0 Å². The number of rotatable bonds is 8. The molecule has 0 aliphatic carbocycles. The molecule has 7 heteroatoms. The van der Waals surface area contributed by atoms with Crippen molar-refractivity contribution >= 4 is 17.6 Å². The SMILES string of the molecule is CCCC1(c2ccc(F)cc2)N=C(C)N(CCCN2CCC(c3ccc(N)nc3)CC2)C1=O. The maximum atomic E-state index is 13.5. The molecular weight excluding hydrogens is 417 g/mol. The first kappa shape index (κ1) is 23.4. The number of benzene rings is 1. The van der Waals surface area contributed by atoms with E-state index in [-0.39, 0.29) is 11.7 Å². The number of halogens is 1. The molecule has 0 radical (unpaired) electrons. The summed E-state index contributed by atoms with van der Waals surface area (Å²) in [4.78, 5) is 26.9. The monoisotopic (exact) mass is 451 g/mol. The molecule has 0 saturated carbocycles. The van der Waals surface area contributed by atoms with Gasteiger partial charge in [0, 0.05) is 12.7 Å². The number of aliphatic imine (C=N–C) groups is 1. The highest BCUT2D eigenvalue weighted by molar-refractivity contribution is 6.07. The van der Waals surface area contributed by atoms with Crippen LogP contribution in [0.2, 0.25) is 0 Å². The van der Waals surface area contributed by atoms with Crippen LogP contribution in [0.25, 0.3) is 0 Å². The van der Waals surface area contributed by atoms with E-state index in [1.165, 1.54) is 17.7 Å². The van der Waals surface area contributed by atoms with E-state index in [0.717, 1.165) is 56.7 Å². The standard InChI is InChI=1S/C26H34FN5O/c1-3-13-26(22-6-8-23(27)9-7-22)25(33)32(19(2)30-26)15-4-14-31-16-11-20(12-17-31)21-5-10-24(28)29-18-21/h5-10,18,20H,3-4,11-17H2,1-2H3,(H2,28,29). The highest BCUT2D eigenvalue weighted by Gasteiger charge is 2.47. The molecule has 1 atom stereocenters. The summed E-state index contributed by atoms with van der Waals surface area (Å²) in [6, 6.07) is 10.2. The predicted octanol–water partition coefficient (Wildman–Crippen LogP) is 4.33. The first-order valence-electron chi connectivity index (χ1n) is 12.0. The van der Waals surface area contributed by atoms with Gasteiger partial charge in [-0.1, -0.05) is 31.5 Å². The number of aromatic nitrogens is 1. The van der Waals surface area contributed by atoms with Gasteiger partial charge in [0.1, 0.15) is 17.5 Å². The summed E-state index contributed by atoms with van der Waals surface area (Å²) in [6.07, 6.45) is 6.47. The molecule has 2 aliphatic rings. The van der Waals surface area contributed by atoms with Crippen molar-refractivity contribution in [3.63, 3.8) is 0 Å². The average Bonchev–Trinajstić information content (AvgIpc) is 3.06. The molecule has 2 N–H and O–H groups in total. The summed E-state index contributed by atoms with van der Waals surface area (Å²) in [7, 11) is 0. The van der Waals surface area contributed by atoms with Gasteiger partial charge in [0.25, 0.3) is 5.91 Å². The van der Waals surface area contributed by atoms with E-state index in [2.05, 4.69) is 22.9 Å². The van der Waals surface area contributed by atoms with Crippen molar-refractivity contribution in [3.05, 3.63) is 59.5 Å². The summed E-state index contributed by atoms with van der Waals surface area (Å²) in [5.74, 6) is 1.57. The van der Waals surface area contributed by atoms with Gasteiger partial charge in [0.05, 0.1) is 0 Å². The van der Waals surface area contributed by atoms with Gasteiger partial charge < -0.3 is 10.6 Å². The van der Waals surface area contributed by atoms with E-state index in [0.29, 0.717) is 24.7 Å². The fraction of sp³-hybridized carbons (Fsp3) is 0.500. The lowest BCUT2D eigenvalue weighted by Gasteiger charge is -2.32. The van der Waals surface area contributed by atoms with Gasteiger partial charge in [0.2, 0.25) is 0 Å². The van der Waals surface area contributed by atoms with Crippen LogP contribution < -0.4 is 5.73 Å². The number of nitrogens with two attached hydrogens (primary N) is 1. The second-order valence-electron chi connectivity index (χ2n) is 9.22. The number of carbonyl (C=O) groups excluding carboxylic acids is 1. The highest BCUT2D eigenvalue weighted by Crippen LogP contribution is 2.38. The van der Waals surface area contributed by atoms with Gasteiger partial charge in [-0.3, -0.25) is 14.7 Å². The molecule has 6 nitrogen and oxygen atoms in total. The second-order valence-corrected chi connectivity index (χ2v) is 9.22. The van der Waals surface area contributed by atoms with Crippen LogP contribution in [0.4, 0.5) is 10.2 Å². The molecule has 1 amide bonds. The van der Waals surface area contributed by atoms with Crippen LogP contribution in [0.5, 0.6) is 0 Å². The zero-order valence-corrected chi connectivity index (χ0v) is 19.6. The maximum absolute atomic E-state index is 13.5. The molecule has 2 aromatic rings. The van der Waals surface area contributed by atoms with Crippen LogP contribution in [-0.2, 0) is 10.3 Å². The molecule has 1 aromatic carbocycles. The molecule has 0 bridgehead atoms. The number of amides is 1. The Kier molecular flexibility index (Phi) is 7.08. The van der Waals surface area contributed by atoms with Crippen LogP contribution in [-0.4, -0.2) is 52.7 Å². The van der Waals surface area contributed by atoms with E-state index < -0.39 is 5.54 Å². The van der Waals surface area contributed by atoms with Crippen LogP contribution in [0.3, 0.4) is 0 Å². The van der Waals surface area contributed by atoms with E-state index in [4.69, 9.17) is 10.7 Å². The van der Waals surface area contributed by atoms with Gasteiger partial charge >= 0.3 is 0 Å². The molecule has 0 spiro atoms. The highest BCUT2D eigenvalue weighted by atomic mass is 19.1. The second kappa shape index (κ2) is 10.00. The minimum atomic E-state index is -0.919. The Labute approximate surface area is 195 Å². The van der Waals surface area contributed by atoms with Crippen LogP contribution in [0.15, 0.2) is 47.6 Å². The maximum Gasteiger partial charge on any atom is 0.260 e. The number of piperidine rings is 1. The Morgan fingerprint density at radius 3 is 2.48 bits per heavy atom. The predicted molar refractivity (Wildman–Crippen MR) is 129 cm³/mol. The fourth-order valence-corrected chi connectivity index (χ4v) is 5.20. The number of likely N-dealkylation sites (tertiary alicyclic amines) is 1. The first-order chi connectivity index (χ1) is 15.9. The Morgan fingerprint density at radius 1 is 1.12 bits per heavy atom. The summed E-state index contributed by atoms with van der Waals surface area (Å²) < 4.78 is 13.5. The third-order valence-electron chi connectivity index (χ3n) is 7.00. The summed E-state index contributed by atoms with van der Waals surface area (Å²) >= 11 is 0. The van der Waals surface area contributed by atoms with Gasteiger partial charge in [-0.15, -0.1) is 0 Å². The number of pyridine rings is 1. The zero-order valence-electron chi connectivity index (χ0n) is 19.6. The summed E-state index contributed by atoms with van der Waals surface area (Å²) in [6.45, 7) is 7.67. The van der Waals surface area contributed by atoms with Gasteiger partial charge in [-0.2, -0.15) is 0 Å². The number of amidine groups is 1. The quantitative estimate of drug-likeness (QED) is 0.648. The molecule has 1 unspecified atom stereocenters. The molecular formula is C26H34FN5O. The molecule has 2 aliphatic heterocycles. The fourth-order valence-electron chi connectivity index (χ4n) is 5.20. The number of anilines is 1. The molecule has 1 aromatic heterocycles. The Morgan fingerprint density at radius 2 is 1.85 bits per heavy atom. The van der Waals surface area contributed by atoms with Crippen molar-refractivity contribution in [2.45, 2.75) is 57.4 Å². The minimum absolute atomic E-state index is 0.0167. The number of nitrogens with zero attached hydrogens (tertiary/aromatic N) is 4. The van der Waals surface area contributed by atoms with E-state index in [9.17, 15) is 9.18 Å². The largest absolute Gasteiger partial charge is 0.384 e. The molecule has 4 rings (SSSR count). The molecule has 176 valence electrons. The number of nitrogen functional groups attached to an aromatic ring is 1. The lowest BCUT2D eigenvalue weighted by Crippen LogP contribution is -2.42. The minimum Gasteiger partial charge on any atom is -0.384 e. The lowest BCUT2D eigenvalue weighted by atomic mass is 9.85. The first-order valence-corrected chi connectivity index (χ1v) is 12.0. The zero-order chi connectivity index (χ0) is 23.4. The van der Waals surface area contributed by atoms with E-state index >= 15 is 0 Å². The van der Waals surface area contributed by atoms with Crippen molar-refractivity contribution in [3.8, 4) is 0 Å². The van der Waals surface area contributed by atoms with Gasteiger partial charge in [0.15, 0.2) is 5.54 Å².